The maximum Gasteiger partial charge on any atom is 0.0373 e. The van der Waals surface area contributed by atoms with E-state index in [4.69, 9.17) is 0 Å². The summed E-state index contributed by atoms with van der Waals surface area (Å²) in [7, 11) is 4.56. The molecule has 1 heterocycles. The summed E-state index contributed by atoms with van der Waals surface area (Å²) in [5, 5.41) is 3.72. The highest BCUT2D eigenvalue weighted by Gasteiger charge is 2.27. The van der Waals surface area contributed by atoms with Gasteiger partial charge in [-0.05, 0) is 46.6 Å². The van der Waals surface area contributed by atoms with Crippen molar-refractivity contribution >= 4 is 0 Å². The second-order valence-electron chi connectivity index (χ2n) is 5.82. The molecular weight excluding hydrogens is 222 g/mol. The van der Waals surface area contributed by atoms with E-state index >= 15 is 0 Å². The second kappa shape index (κ2) is 8.89. The van der Waals surface area contributed by atoms with Gasteiger partial charge in [0.05, 0.1) is 0 Å². The van der Waals surface area contributed by atoms with Gasteiger partial charge in [-0.15, -0.1) is 0 Å². The third kappa shape index (κ3) is 5.25. The van der Waals surface area contributed by atoms with Crippen molar-refractivity contribution in [2.45, 2.75) is 58.0 Å². The van der Waals surface area contributed by atoms with Crippen LogP contribution >= 0.6 is 0 Å². The third-order valence-electron chi connectivity index (χ3n) is 4.16. The van der Waals surface area contributed by atoms with Crippen LogP contribution in [0, 0.1) is 0 Å². The van der Waals surface area contributed by atoms with E-state index in [0.717, 1.165) is 6.54 Å². The Kier molecular flexibility index (Phi) is 7.87. The SMILES string of the molecule is CCCCCC(NCC)C1CN(C)CCCN1C. The molecule has 1 rings (SSSR count). The molecule has 0 aromatic carbocycles. The molecule has 0 radical (unpaired) electrons. The van der Waals surface area contributed by atoms with Gasteiger partial charge >= 0.3 is 0 Å². The van der Waals surface area contributed by atoms with E-state index in [9.17, 15) is 0 Å². The molecule has 3 heteroatoms. The molecule has 2 unspecified atom stereocenters. The van der Waals surface area contributed by atoms with Gasteiger partial charge in [-0.1, -0.05) is 33.1 Å². The smallest absolute Gasteiger partial charge is 0.0373 e. The lowest BCUT2D eigenvalue weighted by atomic mass is 9.99. The standard InChI is InChI=1S/C15H33N3/c1-5-7-8-10-14(16-6-2)15-13-17(3)11-9-12-18(15)4/h14-16H,5-13H2,1-4H3. The Labute approximate surface area is 114 Å². The van der Waals surface area contributed by atoms with Crippen LogP contribution in [-0.4, -0.2) is 62.2 Å². The summed E-state index contributed by atoms with van der Waals surface area (Å²) in [5.41, 5.74) is 0. The molecule has 0 amide bonds. The van der Waals surface area contributed by atoms with Crippen molar-refractivity contribution in [1.82, 2.24) is 15.1 Å². The maximum absolute atomic E-state index is 3.72. The van der Waals surface area contributed by atoms with Gasteiger partial charge in [0.2, 0.25) is 0 Å². The predicted octanol–water partition coefficient (Wildman–Crippen LogP) is 2.18. The van der Waals surface area contributed by atoms with E-state index < -0.39 is 0 Å². The molecular formula is C15H33N3. The fraction of sp³-hybridized carbons (Fsp3) is 1.00. The zero-order chi connectivity index (χ0) is 13.4. The molecule has 0 bridgehead atoms. The maximum atomic E-state index is 3.72. The Hall–Kier alpha value is -0.120. The molecule has 1 fully saturated rings. The molecule has 18 heavy (non-hydrogen) atoms. The summed E-state index contributed by atoms with van der Waals surface area (Å²) >= 11 is 0. The fourth-order valence-corrected chi connectivity index (χ4v) is 3.05. The van der Waals surface area contributed by atoms with Gasteiger partial charge in [0.15, 0.2) is 0 Å². The molecule has 0 aliphatic carbocycles. The molecule has 0 aromatic rings. The molecule has 0 spiro atoms. The number of hydrogen-bond donors (Lipinski definition) is 1. The van der Waals surface area contributed by atoms with Gasteiger partial charge in [-0.3, -0.25) is 0 Å². The molecule has 1 aliphatic heterocycles. The van der Waals surface area contributed by atoms with E-state index in [1.807, 2.05) is 0 Å². The molecule has 2 atom stereocenters. The van der Waals surface area contributed by atoms with Gasteiger partial charge in [-0.2, -0.15) is 0 Å². The van der Waals surface area contributed by atoms with Gasteiger partial charge in [-0.25, -0.2) is 0 Å². The lowest BCUT2D eigenvalue weighted by Crippen LogP contribution is -2.52. The Bertz CT molecular complexity index is 208. The van der Waals surface area contributed by atoms with Crippen molar-refractivity contribution in [3.63, 3.8) is 0 Å². The Morgan fingerprint density at radius 2 is 1.94 bits per heavy atom. The van der Waals surface area contributed by atoms with Crippen LogP contribution in [0.5, 0.6) is 0 Å². The quantitative estimate of drug-likeness (QED) is 0.704. The van der Waals surface area contributed by atoms with Gasteiger partial charge in [0.1, 0.15) is 0 Å². The van der Waals surface area contributed by atoms with Crippen LogP contribution in [0.3, 0.4) is 0 Å². The predicted molar refractivity (Wildman–Crippen MR) is 80.1 cm³/mol. The highest BCUT2D eigenvalue weighted by Crippen LogP contribution is 2.15. The summed E-state index contributed by atoms with van der Waals surface area (Å²) in [6.07, 6.45) is 6.68. The van der Waals surface area contributed by atoms with Crippen molar-refractivity contribution in [2.75, 3.05) is 40.3 Å². The molecule has 108 valence electrons. The average Bonchev–Trinajstić information content (AvgIpc) is 2.50. The minimum Gasteiger partial charge on any atom is -0.313 e. The van der Waals surface area contributed by atoms with Gasteiger partial charge in [0, 0.05) is 18.6 Å². The third-order valence-corrected chi connectivity index (χ3v) is 4.16. The first-order valence-electron chi connectivity index (χ1n) is 7.81. The molecule has 0 saturated carbocycles. The lowest BCUT2D eigenvalue weighted by Gasteiger charge is -2.35. The minimum absolute atomic E-state index is 0.659. The van der Waals surface area contributed by atoms with Crippen LogP contribution in [0.15, 0.2) is 0 Å². The van der Waals surface area contributed by atoms with Crippen molar-refractivity contribution in [2.24, 2.45) is 0 Å². The van der Waals surface area contributed by atoms with Crippen molar-refractivity contribution < 1.29 is 0 Å². The van der Waals surface area contributed by atoms with Crippen LogP contribution in [0.25, 0.3) is 0 Å². The monoisotopic (exact) mass is 255 g/mol. The number of hydrogen-bond acceptors (Lipinski definition) is 3. The number of rotatable bonds is 7. The topological polar surface area (TPSA) is 18.5 Å². The average molecular weight is 255 g/mol. The highest BCUT2D eigenvalue weighted by atomic mass is 15.2. The summed E-state index contributed by atoms with van der Waals surface area (Å²) < 4.78 is 0. The molecule has 3 nitrogen and oxygen atoms in total. The van der Waals surface area contributed by atoms with Crippen LogP contribution in [-0.2, 0) is 0 Å². The fourth-order valence-electron chi connectivity index (χ4n) is 3.05. The van der Waals surface area contributed by atoms with E-state index in [1.165, 1.54) is 51.7 Å². The van der Waals surface area contributed by atoms with Gasteiger partial charge < -0.3 is 15.1 Å². The van der Waals surface area contributed by atoms with E-state index in [1.54, 1.807) is 0 Å². The van der Waals surface area contributed by atoms with Gasteiger partial charge in [0.25, 0.3) is 0 Å². The molecule has 1 saturated heterocycles. The van der Waals surface area contributed by atoms with Crippen LogP contribution in [0.4, 0.5) is 0 Å². The first-order chi connectivity index (χ1) is 8.69. The zero-order valence-corrected chi connectivity index (χ0v) is 12.9. The number of nitrogens with one attached hydrogen (secondary N) is 1. The molecule has 1 N–H and O–H groups in total. The summed E-state index contributed by atoms with van der Waals surface area (Å²) in [6.45, 7) is 9.30. The zero-order valence-electron chi connectivity index (χ0n) is 12.9. The minimum atomic E-state index is 0.659. The summed E-state index contributed by atoms with van der Waals surface area (Å²) in [6, 6.07) is 1.33. The lowest BCUT2D eigenvalue weighted by molar-refractivity contribution is 0.171. The van der Waals surface area contributed by atoms with E-state index in [0.29, 0.717) is 12.1 Å². The first-order valence-corrected chi connectivity index (χ1v) is 7.81. The Morgan fingerprint density at radius 3 is 2.61 bits per heavy atom. The Morgan fingerprint density at radius 1 is 1.17 bits per heavy atom. The highest BCUT2D eigenvalue weighted by molar-refractivity contribution is 4.87. The second-order valence-corrected chi connectivity index (χ2v) is 5.82. The number of likely N-dealkylation sites (N-methyl/N-ethyl adjacent to an activating group) is 3. The number of unbranched alkanes of at least 4 members (excludes halogenated alkanes) is 2. The van der Waals surface area contributed by atoms with Crippen LogP contribution < -0.4 is 5.32 Å². The van der Waals surface area contributed by atoms with E-state index in [2.05, 4.69) is 43.1 Å². The molecule has 0 aromatic heterocycles. The first kappa shape index (κ1) is 15.9. The summed E-state index contributed by atoms with van der Waals surface area (Å²) in [4.78, 5) is 5.07. The van der Waals surface area contributed by atoms with Crippen molar-refractivity contribution in [3.8, 4) is 0 Å². The normalized spacial score (nSPS) is 25.0. The van der Waals surface area contributed by atoms with Crippen molar-refractivity contribution in [3.05, 3.63) is 0 Å². The summed E-state index contributed by atoms with van der Waals surface area (Å²) in [5.74, 6) is 0. The largest absolute Gasteiger partial charge is 0.313 e. The Balaban J connectivity index is 2.56. The van der Waals surface area contributed by atoms with Crippen LogP contribution in [0.1, 0.15) is 46.0 Å². The number of nitrogens with zero attached hydrogens (tertiary/aromatic N) is 2. The van der Waals surface area contributed by atoms with E-state index in [-0.39, 0.29) is 0 Å². The van der Waals surface area contributed by atoms with Crippen LogP contribution in [0.2, 0.25) is 0 Å². The van der Waals surface area contributed by atoms with Crippen molar-refractivity contribution in [1.29, 1.82) is 0 Å². The molecule has 1 aliphatic rings.